The van der Waals surface area contributed by atoms with E-state index in [4.69, 9.17) is 4.74 Å². The van der Waals surface area contributed by atoms with Crippen LogP contribution in [-0.2, 0) is 0 Å². The van der Waals surface area contributed by atoms with Crippen LogP contribution in [0.3, 0.4) is 0 Å². The van der Waals surface area contributed by atoms with E-state index < -0.39 is 0 Å². The van der Waals surface area contributed by atoms with E-state index in [1.807, 2.05) is 6.07 Å². The Kier molecular flexibility index (Phi) is 3.82. The van der Waals surface area contributed by atoms with Gasteiger partial charge in [-0.05, 0) is 47.9 Å². The Bertz CT molecular complexity index is 738. The van der Waals surface area contributed by atoms with Crippen LogP contribution in [0.25, 0.3) is 0 Å². The molecule has 2 aromatic carbocycles. The maximum atomic E-state index is 5.59. The quantitative estimate of drug-likeness (QED) is 0.616. The average molecular weight is 323 g/mol. The van der Waals surface area contributed by atoms with Crippen molar-refractivity contribution in [3.8, 4) is 5.75 Å². The summed E-state index contributed by atoms with van der Waals surface area (Å²) in [5, 5.41) is 3.77. The van der Waals surface area contributed by atoms with Crippen molar-refractivity contribution in [2.45, 2.75) is 23.3 Å². The molecule has 1 N–H and O–H groups in total. The lowest BCUT2D eigenvalue weighted by Crippen LogP contribution is -2.29. The van der Waals surface area contributed by atoms with Gasteiger partial charge in [-0.1, -0.05) is 36.4 Å². The van der Waals surface area contributed by atoms with Crippen LogP contribution in [0, 0.1) is 5.92 Å². The van der Waals surface area contributed by atoms with Crippen LogP contribution in [0.5, 0.6) is 5.75 Å². The number of anilines is 1. The maximum absolute atomic E-state index is 5.59. The summed E-state index contributed by atoms with van der Waals surface area (Å²) < 4.78 is 5.59. The van der Waals surface area contributed by atoms with E-state index in [-0.39, 0.29) is 0 Å². The van der Waals surface area contributed by atoms with Gasteiger partial charge in [0, 0.05) is 10.8 Å². The fraction of sp³-hybridized carbons (Fsp3) is 0.300. The van der Waals surface area contributed by atoms with E-state index in [9.17, 15) is 0 Å². The average Bonchev–Trinajstić information content (AvgIpc) is 3.10. The van der Waals surface area contributed by atoms with Gasteiger partial charge in [-0.2, -0.15) is 0 Å². The van der Waals surface area contributed by atoms with Crippen LogP contribution in [-0.4, -0.2) is 13.4 Å². The molecule has 2 aliphatic rings. The van der Waals surface area contributed by atoms with Gasteiger partial charge >= 0.3 is 0 Å². The molecule has 0 fully saturated rings. The van der Waals surface area contributed by atoms with Crippen LogP contribution in [0.2, 0.25) is 0 Å². The van der Waals surface area contributed by atoms with Crippen LogP contribution in [0.15, 0.2) is 59.5 Å². The Hall–Kier alpha value is -1.87. The molecular weight excluding hydrogens is 302 g/mol. The molecule has 0 saturated carbocycles. The predicted molar refractivity (Wildman–Crippen MR) is 97.6 cm³/mol. The minimum atomic E-state index is 0.328. The van der Waals surface area contributed by atoms with Crippen LogP contribution in [0.1, 0.15) is 29.5 Å². The number of methoxy groups -OCH3 is 1. The third-order valence-electron chi connectivity index (χ3n) is 5.05. The number of thioether (sulfide) groups is 1. The highest BCUT2D eigenvalue weighted by Gasteiger charge is 2.38. The monoisotopic (exact) mass is 323 g/mol. The van der Waals surface area contributed by atoms with Crippen molar-refractivity contribution in [1.29, 1.82) is 0 Å². The molecular formula is C20H21NOS. The van der Waals surface area contributed by atoms with Crippen LogP contribution >= 0.6 is 11.8 Å². The molecule has 1 aliphatic heterocycles. The number of rotatable bonds is 3. The maximum Gasteiger partial charge on any atom is 0.142 e. The number of allylic oxidation sites excluding steroid dienone is 2. The number of fused-ring (bicyclic) bond motifs is 3. The third-order valence-corrected chi connectivity index (χ3v) is 5.80. The zero-order chi connectivity index (χ0) is 15.8. The Morgan fingerprint density at radius 3 is 2.70 bits per heavy atom. The summed E-state index contributed by atoms with van der Waals surface area (Å²) in [6, 6.07) is 15.7. The van der Waals surface area contributed by atoms with Gasteiger partial charge in [-0.25, -0.2) is 0 Å². The van der Waals surface area contributed by atoms with E-state index >= 15 is 0 Å². The topological polar surface area (TPSA) is 21.3 Å². The van der Waals surface area contributed by atoms with Crippen molar-refractivity contribution in [1.82, 2.24) is 0 Å². The van der Waals surface area contributed by atoms with Gasteiger partial charge < -0.3 is 10.1 Å². The van der Waals surface area contributed by atoms with Crippen molar-refractivity contribution >= 4 is 17.4 Å². The zero-order valence-corrected chi connectivity index (χ0v) is 14.3. The second kappa shape index (κ2) is 5.97. The minimum absolute atomic E-state index is 0.328. The second-order valence-corrected chi connectivity index (χ2v) is 7.05. The first-order valence-corrected chi connectivity index (χ1v) is 9.28. The van der Waals surface area contributed by atoms with Crippen LogP contribution < -0.4 is 10.1 Å². The van der Waals surface area contributed by atoms with Crippen molar-refractivity contribution < 1.29 is 4.74 Å². The number of benzene rings is 2. The number of para-hydroxylation sites is 1. The van der Waals surface area contributed by atoms with Gasteiger partial charge in [0.25, 0.3) is 0 Å². The summed E-state index contributed by atoms with van der Waals surface area (Å²) in [4.78, 5) is 1.31. The summed E-state index contributed by atoms with van der Waals surface area (Å²) in [7, 11) is 1.75. The van der Waals surface area contributed by atoms with Gasteiger partial charge in [-0.3, -0.25) is 0 Å². The standard InChI is InChI=1S/C20H21NOS/c1-22-18-8-4-7-17-15-5-3-6-16(15)19(21-20(17)18)13-9-11-14(23-2)12-10-13/h3-5,7-12,15-16,19,21H,6H2,1-2H3. The molecule has 0 bridgehead atoms. The molecule has 4 rings (SSSR count). The molecule has 1 heterocycles. The molecule has 2 aromatic rings. The summed E-state index contributed by atoms with van der Waals surface area (Å²) in [5.74, 6) is 1.99. The van der Waals surface area contributed by atoms with Crippen molar-refractivity contribution in [2.75, 3.05) is 18.7 Å². The van der Waals surface area contributed by atoms with E-state index in [0.29, 0.717) is 17.9 Å². The Balaban J connectivity index is 1.77. The first-order valence-electron chi connectivity index (χ1n) is 8.06. The minimum Gasteiger partial charge on any atom is -0.495 e. The fourth-order valence-electron chi connectivity index (χ4n) is 3.90. The van der Waals surface area contributed by atoms with Gasteiger partial charge in [0.15, 0.2) is 0 Å². The van der Waals surface area contributed by atoms with Crippen molar-refractivity contribution in [3.05, 3.63) is 65.7 Å². The highest BCUT2D eigenvalue weighted by molar-refractivity contribution is 7.98. The lowest BCUT2D eigenvalue weighted by atomic mass is 9.77. The molecule has 2 nitrogen and oxygen atoms in total. The first kappa shape index (κ1) is 14.7. The fourth-order valence-corrected chi connectivity index (χ4v) is 4.31. The predicted octanol–water partition coefficient (Wildman–Crippen LogP) is 5.24. The molecule has 118 valence electrons. The highest BCUT2D eigenvalue weighted by atomic mass is 32.2. The highest BCUT2D eigenvalue weighted by Crippen LogP contribution is 2.52. The van der Waals surface area contributed by atoms with Gasteiger partial charge in [0.05, 0.1) is 18.8 Å². The van der Waals surface area contributed by atoms with Crippen LogP contribution in [0.4, 0.5) is 5.69 Å². The smallest absolute Gasteiger partial charge is 0.142 e. The van der Waals surface area contributed by atoms with E-state index in [1.54, 1.807) is 18.9 Å². The lowest BCUT2D eigenvalue weighted by molar-refractivity contribution is 0.397. The zero-order valence-electron chi connectivity index (χ0n) is 13.5. The SMILES string of the molecule is COc1cccc2c1NC(c1ccc(SC)cc1)C1CC=CC21. The van der Waals surface area contributed by atoms with Gasteiger partial charge in [0.1, 0.15) is 5.75 Å². The first-order chi connectivity index (χ1) is 11.3. The van der Waals surface area contributed by atoms with Crippen molar-refractivity contribution in [2.24, 2.45) is 5.92 Å². The molecule has 3 heteroatoms. The second-order valence-electron chi connectivity index (χ2n) is 6.17. The van der Waals surface area contributed by atoms with Gasteiger partial charge in [0.2, 0.25) is 0 Å². The Morgan fingerprint density at radius 1 is 1.13 bits per heavy atom. The van der Waals surface area contributed by atoms with Gasteiger partial charge in [-0.15, -0.1) is 11.8 Å². The summed E-state index contributed by atoms with van der Waals surface area (Å²) >= 11 is 1.79. The molecule has 0 saturated heterocycles. The van der Waals surface area contributed by atoms with E-state index in [0.717, 1.165) is 17.9 Å². The molecule has 1 aliphatic carbocycles. The number of ether oxygens (including phenoxy) is 1. The van der Waals surface area contributed by atoms with E-state index in [1.165, 1.54) is 16.0 Å². The van der Waals surface area contributed by atoms with Crippen molar-refractivity contribution in [3.63, 3.8) is 0 Å². The third kappa shape index (κ3) is 2.43. The summed E-state index contributed by atoms with van der Waals surface area (Å²) in [6.45, 7) is 0. The Labute approximate surface area is 141 Å². The Morgan fingerprint density at radius 2 is 1.96 bits per heavy atom. The largest absolute Gasteiger partial charge is 0.495 e. The molecule has 3 atom stereocenters. The number of hydrogen-bond donors (Lipinski definition) is 1. The molecule has 0 radical (unpaired) electrons. The molecule has 0 spiro atoms. The molecule has 3 unspecified atom stereocenters. The molecule has 23 heavy (non-hydrogen) atoms. The molecule has 0 amide bonds. The summed E-state index contributed by atoms with van der Waals surface area (Å²) in [6.07, 6.45) is 7.94. The number of hydrogen-bond acceptors (Lipinski definition) is 3. The van der Waals surface area contributed by atoms with E-state index in [2.05, 4.69) is 60.1 Å². The lowest BCUT2D eigenvalue weighted by Gasteiger charge is -2.38. The normalized spacial score (nSPS) is 24.7. The number of nitrogens with one attached hydrogen (secondary N) is 1. The molecule has 0 aromatic heterocycles. The summed E-state index contributed by atoms with van der Waals surface area (Å²) in [5.41, 5.74) is 3.87.